The summed E-state index contributed by atoms with van der Waals surface area (Å²) in [4.78, 5) is 11.7. The number of benzene rings is 1. The van der Waals surface area contributed by atoms with Gasteiger partial charge in [0.25, 0.3) is 0 Å². The Morgan fingerprint density at radius 1 is 1.29 bits per heavy atom. The van der Waals surface area contributed by atoms with Gasteiger partial charge in [-0.25, -0.2) is 0 Å². The molecule has 0 aromatic heterocycles. The Labute approximate surface area is 108 Å². The van der Waals surface area contributed by atoms with Gasteiger partial charge in [0.05, 0.1) is 6.04 Å². The number of amides is 1. The zero-order chi connectivity index (χ0) is 12.8. The largest absolute Gasteiger partial charge is 0.349 e. The van der Waals surface area contributed by atoms with Gasteiger partial charge in [-0.2, -0.15) is 0 Å². The SMILES string of the molecule is CCCC(=O)NC(c1ccc(Cl)cc1)C(C)C. The molecule has 0 aliphatic rings. The van der Waals surface area contributed by atoms with E-state index in [-0.39, 0.29) is 11.9 Å². The number of hydrogen-bond acceptors (Lipinski definition) is 1. The van der Waals surface area contributed by atoms with Crippen molar-refractivity contribution >= 4 is 17.5 Å². The second-order valence-corrected chi connectivity index (χ2v) is 5.03. The summed E-state index contributed by atoms with van der Waals surface area (Å²) < 4.78 is 0. The van der Waals surface area contributed by atoms with Crippen LogP contribution in [0, 0.1) is 5.92 Å². The Kier molecular flexibility index (Phi) is 5.49. The fraction of sp³-hybridized carbons (Fsp3) is 0.500. The second-order valence-electron chi connectivity index (χ2n) is 4.59. The lowest BCUT2D eigenvalue weighted by Gasteiger charge is -2.23. The van der Waals surface area contributed by atoms with E-state index >= 15 is 0 Å². The highest BCUT2D eigenvalue weighted by Crippen LogP contribution is 2.23. The van der Waals surface area contributed by atoms with E-state index in [4.69, 9.17) is 11.6 Å². The van der Waals surface area contributed by atoms with Crippen molar-refractivity contribution in [1.29, 1.82) is 0 Å². The Bertz CT molecular complexity index is 359. The summed E-state index contributed by atoms with van der Waals surface area (Å²) >= 11 is 5.86. The van der Waals surface area contributed by atoms with Gasteiger partial charge in [-0.15, -0.1) is 0 Å². The summed E-state index contributed by atoms with van der Waals surface area (Å²) in [5.74, 6) is 0.470. The van der Waals surface area contributed by atoms with Crippen LogP contribution in [0.3, 0.4) is 0 Å². The highest BCUT2D eigenvalue weighted by Gasteiger charge is 2.17. The minimum absolute atomic E-state index is 0.0614. The summed E-state index contributed by atoms with van der Waals surface area (Å²) in [5, 5.41) is 3.79. The van der Waals surface area contributed by atoms with Gasteiger partial charge >= 0.3 is 0 Å². The van der Waals surface area contributed by atoms with Crippen LogP contribution in [0.1, 0.15) is 45.2 Å². The molecule has 0 aliphatic heterocycles. The predicted octanol–water partition coefficient (Wildman–Crippen LogP) is 3.95. The van der Waals surface area contributed by atoms with Gasteiger partial charge in [0.2, 0.25) is 5.91 Å². The van der Waals surface area contributed by atoms with Crippen LogP contribution in [-0.2, 0) is 4.79 Å². The van der Waals surface area contributed by atoms with Crippen LogP contribution in [0.4, 0.5) is 0 Å². The molecule has 1 atom stereocenters. The fourth-order valence-corrected chi connectivity index (χ4v) is 1.90. The van der Waals surface area contributed by atoms with E-state index in [1.54, 1.807) is 0 Å². The zero-order valence-corrected chi connectivity index (χ0v) is 11.4. The molecular weight excluding hydrogens is 234 g/mol. The molecule has 2 nitrogen and oxygen atoms in total. The molecule has 0 saturated heterocycles. The molecule has 0 heterocycles. The van der Waals surface area contributed by atoms with Gasteiger partial charge in [0, 0.05) is 11.4 Å². The third-order valence-corrected chi connectivity index (χ3v) is 2.94. The molecule has 1 rings (SSSR count). The predicted molar refractivity (Wildman–Crippen MR) is 72.1 cm³/mol. The number of carbonyl (C=O) groups is 1. The molecule has 1 N–H and O–H groups in total. The Morgan fingerprint density at radius 2 is 1.88 bits per heavy atom. The van der Waals surface area contributed by atoms with Gasteiger partial charge < -0.3 is 5.32 Å². The normalized spacial score (nSPS) is 12.5. The van der Waals surface area contributed by atoms with Gasteiger partial charge in [0.1, 0.15) is 0 Å². The topological polar surface area (TPSA) is 29.1 Å². The summed E-state index contributed by atoms with van der Waals surface area (Å²) in [6, 6.07) is 7.72. The number of hydrogen-bond donors (Lipinski definition) is 1. The molecule has 17 heavy (non-hydrogen) atoms. The van der Waals surface area contributed by atoms with E-state index in [0.717, 1.165) is 17.0 Å². The van der Waals surface area contributed by atoms with Crippen LogP contribution in [0.15, 0.2) is 24.3 Å². The molecule has 0 bridgehead atoms. The van der Waals surface area contributed by atoms with Crippen molar-refractivity contribution in [1.82, 2.24) is 5.32 Å². The molecule has 1 aromatic carbocycles. The lowest BCUT2D eigenvalue weighted by molar-refractivity contribution is -0.122. The van der Waals surface area contributed by atoms with Crippen molar-refractivity contribution < 1.29 is 4.79 Å². The fourth-order valence-electron chi connectivity index (χ4n) is 1.78. The molecule has 1 unspecified atom stereocenters. The van der Waals surface area contributed by atoms with Crippen molar-refractivity contribution in [2.45, 2.75) is 39.7 Å². The van der Waals surface area contributed by atoms with E-state index in [9.17, 15) is 4.79 Å². The first-order valence-electron chi connectivity index (χ1n) is 6.09. The molecule has 1 amide bonds. The molecule has 0 fully saturated rings. The van der Waals surface area contributed by atoms with E-state index in [1.165, 1.54) is 0 Å². The third kappa shape index (κ3) is 4.39. The van der Waals surface area contributed by atoms with E-state index in [1.807, 2.05) is 31.2 Å². The Hall–Kier alpha value is -1.02. The second kappa shape index (κ2) is 6.65. The molecular formula is C14H20ClNO. The standard InChI is InChI=1S/C14H20ClNO/c1-4-5-13(17)16-14(10(2)3)11-6-8-12(15)9-7-11/h6-10,14H,4-5H2,1-3H3,(H,16,17). The molecule has 0 radical (unpaired) electrons. The van der Waals surface area contributed by atoms with Crippen LogP contribution in [0.25, 0.3) is 0 Å². The van der Waals surface area contributed by atoms with E-state index < -0.39 is 0 Å². The highest BCUT2D eigenvalue weighted by atomic mass is 35.5. The lowest BCUT2D eigenvalue weighted by atomic mass is 9.96. The zero-order valence-electron chi connectivity index (χ0n) is 10.7. The van der Waals surface area contributed by atoms with Crippen LogP contribution in [0.2, 0.25) is 5.02 Å². The van der Waals surface area contributed by atoms with Gasteiger partial charge in [0.15, 0.2) is 0 Å². The molecule has 0 saturated carbocycles. The third-order valence-electron chi connectivity index (χ3n) is 2.69. The Balaban J connectivity index is 2.79. The maximum absolute atomic E-state index is 11.7. The average Bonchev–Trinajstić information content (AvgIpc) is 2.27. The highest BCUT2D eigenvalue weighted by molar-refractivity contribution is 6.30. The summed E-state index contributed by atoms with van der Waals surface area (Å²) in [6.07, 6.45) is 1.45. The van der Waals surface area contributed by atoms with Crippen molar-refractivity contribution in [2.75, 3.05) is 0 Å². The average molecular weight is 254 g/mol. The molecule has 1 aromatic rings. The first kappa shape index (κ1) is 14.0. The van der Waals surface area contributed by atoms with Crippen molar-refractivity contribution in [3.05, 3.63) is 34.9 Å². The number of rotatable bonds is 5. The van der Waals surface area contributed by atoms with Crippen LogP contribution < -0.4 is 5.32 Å². The summed E-state index contributed by atoms with van der Waals surface area (Å²) in [6.45, 7) is 6.21. The minimum Gasteiger partial charge on any atom is -0.349 e. The minimum atomic E-state index is 0.0614. The van der Waals surface area contributed by atoms with E-state index in [2.05, 4.69) is 19.2 Å². The summed E-state index contributed by atoms with van der Waals surface area (Å²) in [5.41, 5.74) is 1.11. The van der Waals surface area contributed by atoms with Crippen molar-refractivity contribution in [2.24, 2.45) is 5.92 Å². The van der Waals surface area contributed by atoms with Gasteiger partial charge in [-0.1, -0.05) is 44.5 Å². The van der Waals surface area contributed by atoms with Crippen LogP contribution in [0.5, 0.6) is 0 Å². The molecule has 0 spiro atoms. The van der Waals surface area contributed by atoms with Crippen LogP contribution >= 0.6 is 11.6 Å². The monoisotopic (exact) mass is 253 g/mol. The smallest absolute Gasteiger partial charge is 0.220 e. The number of halogens is 1. The van der Waals surface area contributed by atoms with E-state index in [0.29, 0.717) is 12.3 Å². The first-order chi connectivity index (χ1) is 8.04. The molecule has 0 aliphatic carbocycles. The Morgan fingerprint density at radius 3 is 2.35 bits per heavy atom. The maximum Gasteiger partial charge on any atom is 0.220 e. The summed E-state index contributed by atoms with van der Waals surface area (Å²) in [7, 11) is 0. The molecule has 94 valence electrons. The van der Waals surface area contributed by atoms with Crippen LogP contribution in [-0.4, -0.2) is 5.91 Å². The maximum atomic E-state index is 11.7. The quantitative estimate of drug-likeness (QED) is 0.846. The van der Waals surface area contributed by atoms with Gasteiger partial charge in [-0.3, -0.25) is 4.79 Å². The van der Waals surface area contributed by atoms with Gasteiger partial charge in [-0.05, 0) is 30.0 Å². The number of carbonyl (C=O) groups excluding carboxylic acids is 1. The molecule has 3 heteroatoms. The number of nitrogens with one attached hydrogen (secondary N) is 1. The first-order valence-corrected chi connectivity index (χ1v) is 6.47. The van der Waals surface area contributed by atoms with Crippen molar-refractivity contribution in [3.63, 3.8) is 0 Å². The lowest BCUT2D eigenvalue weighted by Crippen LogP contribution is -2.31. The van der Waals surface area contributed by atoms with Crippen molar-refractivity contribution in [3.8, 4) is 0 Å².